The van der Waals surface area contributed by atoms with Crippen LogP contribution in [0.1, 0.15) is 0 Å². The molecule has 3 heteroatoms. The second-order valence-electron chi connectivity index (χ2n) is 1.64. The maximum atomic E-state index is 3.88. The molecule has 0 aliphatic carbocycles. The minimum Gasteiger partial charge on any atom is -0.348 e. The number of nitrogens with zero attached hydrogens (tertiary/aromatic N) is 3. The van der Waals surface area contributed by atoms with Gasteiger partial charge in [0, 0.05) is 28.2 Å². The van der Waals surface area contributed by atoms with E-state index in [-0.39, 0.29) is 0 Å². The van der Waals surface area contributed by atoms with Crippen molar-refractivity contribution in [3.8, 4) is 0 Å². The molecular formula is C5H12N3. The summed E-state index contributed by atoms with van der Waals surface area (Å²) in [5.41, 5.74) is 0. The van der Waals surface area contributed by atoms with Gasteiger partial charge in [-0.1, -0.05) is 0 Å². The van der Waals surface area contributed by atoms with Crippen molar-refractivity contribution in [1.29, 1.82) is 0 Å². The number of rotatable bonds is 0. The van der Waals surface area contributed by atoms with Crippen LogP contribution >= 0.6 is 0 Å². The molecule has 0 aliphatic heterocycles. The fraction of sp³-hybridized carbons (Fsp3) is 0.800. The third kappa shape index (κ3) is 1.82. The molecule has 47 valence electrons. The summed E-state index contributed by atoms with van der Waals surface area (Å²) in [5, 5.41) is 3.88. The summed E-state index contributed by atoms with van der Waals surface area (Å²) in [4.78, 5) is 5.74. The van der Waals surface area contributed by atoms with E-state index >= 15 is 0 Å². The minimum absolute atomic E-state index is 0.769. The predicted molar refractivity (Wildman–Crippen MR) is 35.1 cm³/mol. The van der Waals surface area contributed by atoms with Crippen LogP contribution < -0.4 is 5.32 Å². The molecule has 0 fully saturated rings. The normalized spacial score (nSPS) is 11.2. The Kier molecular flexibility index (Phi) is 2.99. The van der Waals surface area contributed by atoms with Crippen LogP contribution in [0.15, 0.2) is 4.99 Å². The SMILES string of the molecule is C[N]/C(=N/C)N(C)C. The smallest absolute Gasteiger partial charge is 0.214 e. The molecule has 0 atom stereocenters. The Morgan fingerprint density at radius 2 is 1.75 bits per heavy atom. The molecule has 0 aromatic heterocycles. The second kappa shape index (κ2) is 3.29. The van der Waals surface area contributed by atoms with Gasteiger partial charge in [-0.05, 0) is 0 Å². The molecule has 0 heterocycles. The van der Waals surface area contributed by atoms with E-state index in [9.17, 15) is 0 Å². The predicted octanol–water partition coefficient (Wildman–Crippen LogP) is -0.232. The van der Waals surface area contributed by atoms with Crippen LogP contribution in [0.25, 0.3) is 0 Å². The summed E-state index contributed by atoms with van der Waals surface area (Å²) in [7, 11) is 7.27. The van der Waals surface area contributed by atoms with Gasteiger partial charge in [-0.15, -0.1) is 0 Å². The van der Waals surface area contributed by atoms with Crippen LogP contribution in [0, 0.1) is 0 Å². The summed E-state index contributed by atoms with van der Waals surface area (Å²) in [6.07, 6.45) is 0. The van der Waals surface area contributed by atoms with Crippen LogP contribution in [0.3, 0.4) is 0 Å². The van der Waals surface area contributed by atoms with E-state index in [0.29, 0.717) is 0 Å². The van der Waals surface area contributed by atoms with E-state index in [4.69, 9.17) is 0 Å². The van der Waals surface area contributed by atoms with E-state index in [1.54, 1.807) is 14.1 Å². The highest BCUT2D eigenvalue weighted by atomic mass is 15.2. The third-order valence-corrected chi connectivity index (χ3v) is 0.800. The molecule has 0 saturated carbocycles. The monoisotopic (exact) mass is 114 g/mol. The summed E-state index contributed by atoms with van der Waals surface area (Å²) in [6.45, 7) is 0. The molecule has 0 aliphatic rings. The Labute approximate surface area is 50.4 Å². The van der Waals surface area contributed by atoms with Gasteiger partial charge in [0.2, 0.25) is 5.96 Å². The van der Waals surface area contributed by atoms with Crippen molar-refractivity contribution in [2.75, 3.05) is 28.2 Å². The van der Waals surface area contributed by atoms with Crippen molar-refractivity contribution in [3.63, 3.8) is 0 Å². The number of hydrogen-bond acceptors (Lipinski definition) is 1. The van der Waals surface area contributed by atoms with Crippen LogP contribution in [0.5, 0.6) is 0 Å². The average Bonchev–Trinajstić information content (AvgIpc) is 1.69. The van der Waals surface area contributed by atoms with Crippen molar-refractivity contribution >= 4 is 5.96 Å². The summed E-state index contributed by atoms with van der Waals surface area (Å²) in [5.74, 6) is 0.769. The summed E-state index contributed by atoms with van der Waals surface area (Å²) < 4.78 is 0. The summed E-state index contributed by atoms with van der Waals surface area (Å²) in [6, 6.07) is 0. The largest absolute Gasteiger partial charge is 0.348 e. The van der Waals surface area contributed by atoms with Crippen LogP contribution in [-0.4, -0.2) is 39.1 Å². The highest BCUT2D eigenvalue weighted by Crippen LogP contribution is 1.75. The van der Waals surface area contributed by atoms with Gasteiger partial charge in [0.1, 0.15) is 0 Å². The first-order valence-corrected chi connectivity index (χ1v) is 2.46. The van der Waals surface area contributed by atoms with Gasteiger partial charge in [0.25, 0.3) is 0 Å². The standard InChI is InChI=1S/C5H12N3/c1-6-5(7-2)8(3)4/h1-4H3/b6-5-. The van der Waals surface area contributed by atoms with E-state index < -0.39 is 0 Å². The molecule has 8 heavy (non-hydrogen) atoms. The Morgan fingerprint density at radius 1 is 1.25 bits per heavy atom. The van der Waals surface area contributed by atoms with Crippen molar-refractivity contribution in [2.45, 2.75) is 0 Å². The van der Waals surface area contributed by atoms with Crippen molar-refractivity contribution in [3.05, 3.63) is 0 Å². The molecular weight excluding hydrogens is 102 g/mol. The highest BCUT2D eigenvalue weighted by molar-refractivity contribution is 5.78. The van der Waals surface area contributed by atoms with E-state index in [1.165, 1.54) is 0 Å². The number of guanidine groups is 1. The molecule has 0 amide bonds. The zero-order valence-electron chi connectivity index (χ0n) is 5.84. The fourth-order valence-electron chi connectivity index (χ4n) is 0.500. The molecule has 0 saturated heterocycles. The first-order chi connectivity index (χ1) is 3.72. The van der Waals surface area contributed by atoms with Gasteiger partial charge in [-0.3, -0.25) is 10.3 Å². The second-order valence-corrected chi connectivity index (χ2v) is 1.64. The van der Waals surface area contributed by atoms with E-state index in [1.807, 2.05) is 19.0 Å². The van der Waals surface area contributed by atoms with E-state index in [0.717, 1.165) is 5.96 Å². The van der Waals surface area contributed by atoms with Crippen LogP contribution in [-0.2, 0) is 0 Å². The lowest BCUT2D eigenvalue weighted by atomic mass is 10.8. The Bertz CT molecular complexity index is 85.7. The lowest BCUT2D eigenvalue weighted by molar-refractivity contribution is 0.594. The van der Waals surface area contributed by atoms with Gasteiger partial charge >= 0.3 is 0 Å². The minimum atomic E-state index is 0.769. The Balaban J connectivity index is 3.72. The molecule has 0 N–H and O–H groups in total. The van der Waals surface area contributed by atoms with Crippen LogP contribution in [0.2, 0.25) is 0 Å². The van der Waals surface area contributed by atoms with E-state index in [2.05, 4.69) is 10.3 Å². The van der Waals surface area contributed by atoms with Crippen molar-refractivity contribution < 1.29 is 0 Å². The Hall–Kier alpha value is -0.730. The first kappa shape index (κ1) is 7.27. The lowest BCUT2D eigenvalue weighted by Crippen LogP contribution is -2.28. The van der Waals surface area contributed by atoms with Gasteiger partial charge in [0.05, 0.1) is 0 Å². The molecule has 0 bridgehead atoms. The lowest BCUT2D eigenvalue weighted by Gasteiger charge is -2.10. The third-order valence-electron chi connectivity index (χ3n) is 0.800. The van der Waals surface area contributed by atoms with Crippen molar-refractivity contribution in [1.82, 2.24) is 10.2 Å². The zero-order valence-corrected chi connectivity index (χ0v) is 5.84. The quantitative estimate of drug-likeness (QED) is 0.316. The fourth-order valence-corrected chi connectivity index (χ4v) is 0.500. The number of aliphatic imine (C=N–C) groups is 1. The van der Waals surface area contributed by atoms with Crippen molar-refractivity contribution in [2.24, 2.45) is 4.99 Å². The maximum absolute atomic E-state index is 3.88. The van der Waals surface area contributed by atoms with Gasteiger partial charge in [0.15, 0.2) is 0 Å². The molecule has 0 spiro atoms. The maximum Gasteiger partial charge on any atom is 0.214 e. The van der Waals surface area contributed by atoms with Gasteiger partial charge < -0.3 is 4.90 Å². The Morgan fingerprint density at radius 3 is 1.75 bits per heavy atom. The molecule has 0 aromatic carbocycles. The molecule has 0 rings (SSSR count). The molecule has 0 unspecified atom stereocenters. The molecule has 0 aromatic rings. The summed E-state index contributed by atoms with van der Waals surface area (Å²) >= 11 is 0. The molecule has 3 nitrogen and oxygen atoms in total. The number of hydrogen-bond donors (Lipinski definition) is 0. The van der Waals surface area contributed by atoms with Crippen LogP contribution in [0.4, 0.5) is 0 Å². The van der Waals surface area contributed by atoms with Gasteiger partial charge in [-0.2, -0.15) is 0 Å². The topological polar surface area (TPSA) is 29.7 Å². The zero-order chi connectivity index (χ0) is 6.57. The molecule has 1 radical (unpaired) electrons. The first-order valence-electron chi connectivity index (χ1n) is 2.46. The average molecular weight is 114 g/mol. The highest BCUT2D eigenvalue weighted by Gasteiger charge is 1.93. The van der Waals surface area contributed by atoms with Gasteiger partial charge in [-0.25, -0.2) is 0 Å².